The maximum Gasteiger partial charge on any atom is 0.134 e. The van der Waals surface area contributed by atoms with Crippen LogP contribution < -0.4 is 5.32 Å². The Morgan fingerprint density at radius 2 is 2.33 bits per heavy atom. The van der Waals surface area contributed by atoms with E-state index in [-0.39, 0.29) is 5.92 Å². The van der Waals surface area contributed by atoms with Crippen molar-refractivity contribution in [3.05, 3.63) is 0 Å². The lowest BCUT2D eigenvalue weighted by Gasteiger charge is -2.09. The van der Waals surface area contributed by atoms with Gasteiger partial charge in [-0.05, 0) is 26.8 Å². The monoisotopic (exact) mass is 127 g/mol. The van der Waals surface area contributed by atoms with Crippen molar-refractivity contribution in [2.75, 3.05) is 6.54 Å². The number of Topliss-reactive ketones (excluding diaryl/α,β-unsaturated/α-hetero) is 1. The molecule has 2 atom stereocenters. The molecule has 2 unspecified atom stereocenters. The zero-order valence-corrected chi connectivity index (χ0v) is 5.98. The van der Waals surface area contributed by atoms with Gasteiger partial charge in [0.1, 0.15) is 5.78 Å². The Kier molecular flexibility index (Phi) is 1.86. The molecule has 52 valence electrons. The van der Waals surface area contributed by atoms with Gasteiger partial charge >= 0.3 is 0 Å². The first-order valence-electron chi connectivity index (χ1n) is 3.45. The molecular weight excluding hydrogens is 114 g/mol. The van der Waals surface area contributed by atoms with Crippen LogP contribution in [-0.4, -0.2) is 18.4 Å². The maximum atomic E-state index is 10.8. The number of ketones is 1. The highest BCUT2D eigenvalue weighted by molar-refractivity contribution is 5.79. The lowest BCUT2D eigenvalue weighted by molar-refractivity contribution is -0.120. The van der Waals surface area contributed by atoms with E-state index in [1.165, 1.54) is 0 Å². The second-order valence-corrected chi connectivity index (χ2v) is 2.75. The lowest BCUT2D eigenvalue weighted by atomic mass is 9.98. The number of hydrogen-bond donors (Lipinski definition) is 1. The van der Waals surface area contributed by atoms with Gasteiger partial charge in [-0.15, -0.1) is 0 Å². The first-order chi connectivity index (χ1) is 4.22. The van der Waals surface area contributed by atoms with E-state index in [9.17, 15) is 4.79 Å². The fourth-order valence-corrected chi connectivity index (χ4v) is 1.41. The van der Waals surface area contributed by atoms with Crippen molar-refractivity contribution in [2.24, 2.45) is 5.92 Å². The van der Waals surface area contributed by atoms with Crippen LogP contribution >= 0.6 is 0 Å². The Hall–Kier alpha value is -0.370. The third-order valence-electron chi connectivity index (χ3n) is 2.05. The zero-order valence-electron chi connectivity index (χ0n) is 5.98. The molecule has 0 radical (unpaired) electrons. The summed E-state index contributed by atoms with van der Waals surface area (Å²) in [5, 5.41) is 3.23. The van der Waals surface area contributed by atoms with Crippen molar-refractivity contribution in [3.8, 4) is 0 Å². The molecule has 1 fully saturated rings. The van der Waals surface area contributed by atoms with Crippen LogP contribution in [0.15, 0.2) is 0 Å². The molecule has 0 spiro atoms. The van der Waals surface area contributed by atoms with E-state index in [0.717, 1.165) is 13.0 Å². The summed E-state index contributed by atoms with van der Waals surface area (Å²) in [6, 6.07) is 0.405. The molecule has 0 aromatic carbocycles. The molecule has 2 heteroatoms. The predicted octanol–water partition coefficient (Wildman–Crippen LogP) is 0.573. The normalized spacial score (nSPS) is 34.9. The minimum absolute atomic E-state index is 0.282. The van der Waals surface area contributed by atoms with Crippen molar-refractivity contribution < 1.29 is 4.79 Å². The summed E-state index contributed by atoms with van der Waals surface area (Å²) in [5.74, 6) is 0.609. The molecule has 0 aliphatic carbocycles. The number of hydrogen-bond acceptors (Lipinski definition) is 2. The van der Waals surface area contributed by atoms with E-state index in [2.05, 4.69) is 12.2 Å². The van der Waals surface area contributed by atoms with E-state index in [0.29, 0.717) is 11.8 Å². The third-order valence-corrected chi connectivity index (χ3v) is 2.05. The average molecular weight is 127 g/mol. The standard InChI is InChI=1S/C7H13NO/c1-5-7(6(2)9)3-4-8-5/h5,7-8H,3-4H2,1-2H3. The number of carbonyl (C=O) groups excluding carboxylic acids is 1. The van der Waals surface area contributed by atoms with E-state index >= 15 is 0 Å². The summed E-state index contributed by atoms with van der Waals surface area (Å²) in [6.45, 7) is 4.75. The fraction of sp³-hybridized carbons (Fsp3) is 0.857. The first kappa shape index (κ1) is 6.75. The Bertz CT molecular complexity index is 122. The molecule has 9 heavy (non-hydrogen) atoms. The van der Waals surface area contributed by atoms with E-state index in [4.69, 9.17) is 0 Å². The smallest absolute Gasteiger partial charge is 0.134 e. The highest BCUT2D eigenvalue weighted by Crippen LogP contribution is 2.15. The molecule has 0 aromatic heterocycles. The first-order valence-corrected chi connectivity index (χ1v) is 3.45. The summed E-state index contributed by atoms with van der Waals surface area (Å²) < 4.78 is 0. The molecule has 1 N–H and O–H groups in total. The van der Waals surface area contributed by atoms with Gasteiger partial charge in [0.25, 0.3) is 0 Å². The largest absolute Gasteiger partial charge is 0.314 e. The van der Waals surface area contributed by atoms with Crippen LogP contribution in [0.4, 0.5) is 0 Å². The highest BCUT2D eigenvalue weighted by Gasteiger charge is 2.25. The molecule has 0 saturated carbocycles. The minimum Gasteiger partial charge on any atom is -0.314 e. The number of carbonyl (C=O) groups is 1. The maximum absolute atomic E-state index is 10.8. The Labute approximate surface area is 55.6 Å². The van der Waals surface area contributed by atoms with E-state index in [1.54, 1.807) is 6.92 Å². The van der Waals surface area contributed by atoms with Crippen LogP contribution in [0.3, 0.4) is 0 Å². The third kappa shape index (κ3) is 1.30. The van der Waals surface area contributed by atoms with Gasteiger partial charge in [0.05, 0.1) is 0 Å². The topological polar surface area (TPSA) is 29.1 Å². The molecule has 0 bridgehead atoms. The second-order valence-electron chi connectivity index (χ2n) is 2.75. The molecule has 2 nitrogen and oxygen atoms in total. The number of nitrogens with one attached hydrogen (secondary N) is 1. The van der Waals surface area contributed by atoms with Crippen LogP contribution in [0, 0.1) is 5.92 Å². The molecule has 1 aliphatic rings. The molecule has 1 saturated heterocycles. The van der Waals surface area contributed by atoms with Crippen molar-refractivity contribution in [1.29, 1.82) is 0 Å². The van der Waals surface area contributed by atoms with Crippen molar-refractivity contribution in [2.45, 2.75) is 26.3 Å². The van der Waals surface area contributed by atoms with Crippen molar-refractivity contribution >= 4 is 5.78 Å². The molecule has 1 rings (SSSR count). The van der Waals surface area contributed by atoms with Gasteiger partial charge in [0.15, 0.2) is 0 Å². The molecular formula is C7H13NO. The van der Waals surface area contributed by atoms with E-state index in [1.807, 2.05) is 0 Å². The summed E-state index contributed by atoms with van der Waals surface area (Å²) in [6.07, 6.45) is 1.02. The van der Waals surface area contributed by atoms with E-state index < -0.39 is 0 Å². The van der Waals surface area contributed by atoms with Crippen LogP contribution in [0.2, 0.25) is 0 Å². The van der Waals surface area contributed by atoms with Gasteiger partial charge in [-0.1, -0.05) is 0 Å². The second kappa shape index (κ2) is 2.48. The van der Waals surface area contributed by atoms with Crippen LogP contribution in [0.5, 0.6) is 0 Å². The van der Waals surface area contributed by atoms with Gasteiger partial charge in [0, 0.05) is 12.0 Å². The van der Waals surface area contributed by atoms with Crippen molar-refractivity contribution in [3.63, 3.8) is 0 Å². The summed E-state index contributed by atoms with van der Waals surface area (Å²) in [4.78, 5) is 10.8. The van der Waals surface area contributed by atoms with Gasteiger partial charge in [-0.25, -0.2) is 0 Å². The van der Waals surface area contributed by atoms with Gasteiger partial charge in [-0.3, -0.25) is 4.79 Å². The lowest BCUT2D eigenvalue weighted by Crippen LogP contribution is -2.26. The molecule has 0 aromatic rings. The quantitative estimate of drug-likeness (QED) is 0.558. The summed E-state index contributed by atoms with van der Waals surface area (Å²) >= 11 is 0. The molecule has 1 heterocycles. The average Bonchev–Trinajstić information content (AvgIpc) is 2.13. The zero-order chi connectivity index (χ0) is 6.85. The minimum atomic E-state index is 0.282. The van der Waals surface area contributed by atoms with Crippen LogP contribution in [0.25, 0.3) is 0 Å². The summed E-state index contributed by atoms with van der Waals surface area (Å²) in [7, 11) is 0. The SMILES string of the molecule is CC(=O)C1CCNC1C. The van der Waals surface area contributed by atoms with Crippen molar-refractivity contribution in [1.82, 2.24) is 5.32 Å². The predicted molar refractivity (Wildman–Crippen MR) is 36.3 cm³/mol. The Balaban J connectivity index is 2.49. The number of rotatable bonds is 1. The fourth-order valence-electron chi connectivity index (χ4n) is 1.41. The molecule has 0 amide bonds. The van der Waals surface area contributed by atoms with Crippen LogP contribution in [-0.2, 0) is 4.79 Å². The Morgan fingerprint density at radius 1 is 1.67 bits per heavy atom. The summed E-state index contributed by atoms with van der Waals surface area (Å²) in [5.41, 5.74) is 0. The van der Waals surface area contributed by atoms with Gasteiger partial charge < -0.3 is 5.32 Å². The highest BCUT2D eigenvalue weighted by atomic mass is 16.1. The van der Waals surface area contributed by atoms with Gasteiger partial charge in [-0.2, -0.15) is 0 Å². The van der Waals surface area contributed by atoms with Crippen LogP contribution in [0.1, 0.15) is 20.3 Å². The molecule has 1 aliphatic heterocycles. The van der Waals surface area contributed by atoms with Gasteiger partial charge in [0.2, 0.25) is 0 Å². The Morgan fingerprint density at radius 3 is 2.56 bits per heavy atom.